The highest BCUT2D eigenvalue weighted by Gasteiger charge is 2.22. The summed E-state index contributed by atoms with van der Waals surface area (Å²) >= 11 is 0. The van der Waals surface area contributed by atoms with Gasteiger partial charge < -0.3 is 4.74 Å². The molecule has 0 saturated carbocycles. The summed E-state index contributed by atoms with van der Waals surface area (Å²) < 4.78 is 6.26. The van der Waals surface area contributed by atoms with Crippen LogP contribution in [-0.2, 0) is 9.53 Å². The molecular formula is C17H20N2O3. The molecule has 0 unspecified atom stereocenters. The summed E-state index contributed by atoms with van der Waals surface area (Å²) in [5.74, 6) is -0.429. The van der Waals surface area contributed by atoms with E-state index in [1.807, 2.05) is 38.1 Å². The van der Waals surface area contributed by atoms with E-state index in [2.05, 4.69) is 5.10 Å². The van der Waals surface area contributed by atoms with Crippen molar-refractivity contribution in [2.45, 2.75) is 33.2 Å². The summed E-state index contributed by atoms with van der Waals surface area (Å²) in [5, 5.41) is 4.38. The maximum absolute atomic E-state index is 12.1. The van der Waals surface area contributed by atoms with E-state index in [9.17, 15) is 9.59 Å². The SMILES string of the molecule is CCOC(=O)[C@@H](CC)n1nc(-c2ccccc2C)ccc1=O. The van der Waals surface area contributed by atoms with Gasteiger partial charge in [0.05, 0.1) is 12.3 Å². The van der Waals surface area contributed by atoms with Gasteiger partial charge in [0.25, 0.3) is 5.56 Å². The first kappa shape index (κ1) is 15.9. The van der Waals surface area contributed by atoms with Crippen molar-refractivity contribution in [1.29, 1.82) is 0 Å². The van der Waals surface area contributed by atoms with Gasteiger partial charge in [-0.05, 0) is 31.9 Å². The Bertz CT molecular complexity index is 722. The largest absolute Gasteiger partial charge is 0.464 e. The highest BCUT2D eigenvalue weighted by atomic mass is 16.5. The minimum absolute atomic E-state index is 0.279. The second-order valence-corrected chi connectivity index (χ2v) is 4.99. The molecule has 0 amide bonds. The first-order valence-electron chi connectivity index (χ1n) is 7.41. The van der Waals surface area contributed by atoms with E-state index in [4.69, 9.17) is 4.74 Å². The third-order valence-electron chi connectivity index (χ3n) is 3.49. The van der Waals surface area contributed by atoms with E-state index in [1.54, 1.807) is 13.0 Å². The molecule has 116 valence electrons. The van der Waals surface area contributed by atoms with E-state index in [0.717, 1.165) is 11.1 Å². The number of ether oxygens (including phenoxy) is 1. The van der Waals surface area contributed by atoms with Crippen LogP contribution in [0.3, 0.4) is 0 Å². The molecule has 0 aliphatic carbocycles. The first-order chi connectivity index (χ1) is 10.6. The van der Waals surface area contributed by atoms with Crippen LogP contribution in [-0.4, -0.2) is 22.4 Å². The number of carbonyl (C=O) groups is 1. The van der Waals surface area contributed by atoms with Crippen molar-refractivity contribution in [3.8, 4) is 11.3 Å². The Labute approximate surface area is 129 Å². The molecule has 0 aliphatic heterocycles. The number of benzene rings is 1. The molecule has 1 aromatic carbocycles. The molecule has 0 N–H and O–H groups in total. The van der Waals surface area contributed by atoms with Gasteiger partial charge in [0.1, 0.15) is 0 Å². The smallest absolute Gasteiger partial charge is 0.331 e. The Kier molecular flexibility index (Phi) is 5.09. The average Bonchev–Trinajstić information content (AvgIpc) is 2.51. The number of aryl methyl sites for hydroxylation is 1. The molecule has 0 spiro atoms. The minimum Gasteiger partial charge on any atom is -0.464 e. The Morgan fingerprint density at radius 3 is 2.59 bits per heavy atom. The second-order valence-electron chi connectivity index (χ2n) is 4.99. The lowest BCUT2D eigenvalue weighted by Crippen LogP contribution is -2.32. The maximum Gasteiger partial charge on any atom is 0.331 e. The van der Waals surface area contributed by atoms with Crippen molar-refractivity contribution in [3.63, 3.8) is 0 Å². The molecule has 2 aromatic rings. The third-order valence-corrected chi connectivity index (χ3v) is 3.49. The molecular weight excluding hydrogens is 280 g/mol. The predicted molar refractivity (Wildman–Crippen MR) is 84.6 cm³/mol. The van der Waals surface area contributed by atoms with Crippen LogP contribution >= 0.6 is 0 Å². The van der Waals surface area contributed by atoms with Crippen LogP contribution in [0.1, 0.15) is 31.9 Å². The fourth-order valence-electron chi connectivity index (χ4n) is 2.33. The zero-order valence-electron chi connectivity index (χ0n) is 13.1. The highest BCUT2D eigenvalue weighted by molar-refractivity contribution is 5.74. The number of carbonyl (C=O) groups excluding carboxylic acids is 1. The van der Waals surface area contributed by atoms with E-state index < -0.39 is 12.0 Å². The molecule has 0 bridgehead atoms. The van der Waals surface area contributed by atoms with E-state index >= 15 is 0 Å². The van der Waals surface area contributed by atoms with Crippen LogP contribution in [0.4, 0.5) is 0 Å². The molecule has 0 radical (unpaired) electrons. The second kappa shape index (κ2) is 7.02. The summed E-state index contributed by atoms with van der Waals surface area (Å²) in [6.45, 7) is 5.83. The van der Waals surface area contributed by atoms with Crippen LogP contribution in [0.5, 0.6) is 0 Å². The fourth-order valence-corrected chi connectivity index (χ4v) is 2.33. The minimum atomic E-state index is -0.698. The van der Waals surface area contributed by atoms with Gasteiger partial charge in [-0.15, -0.1) is 0 Å². The lowest BCUT2D eigenvalue weighted by Gasteiger charge is -2.16. The molecule has 0 fully saturated rings. The van der Waals surface area contributed by atoms with Crippen molar-refractivity contribution in [2.75, 3.05) is 6.61 Å². The van der Waals surface area contributed by atoms with Crippen LogP contribution in [0.2, 0.25) is 0 Å². The van der Waals surface area contributed by atoms with Crippen molar-refractivity contribution in [3.05, 3.63) is 52.3 Å². The molecule has 0 aliphatic rings. The summed E-state index contributed by atoms with van der Waals surface area (Å²) in [5.41, 5.74) is 2.36. The van der Waals surface area contributed by atoms with Gasteiger partial charge in [0.2, 0.25) is 0 Å². The Balaban J connectivity index is 2.49. The number of aromatic nitrogens is 2. The molecule has 1 aromatic heterocycles. The normalized spacial score (nSPS) is 12.0. The van der Waals surface area contributed by atoms with Crippen LogP contribution in [0.15, 0.2) is 41.2 Å². The molecule has 5 heteroatoms. The molecule has 1 heterocycles. The van der Waals surface area contributed by atoms with Crippen molar-refractivity contribution in [1.82, 2.24) is 9.78 Å². The molecule has 0 saturated heterocycles. The number of rotatable bonds is 5. The Hall–Kier alpha value is -2.43. The van der Waals surface area contributed by atoms with Gasteiger partial charge >= 0.3 is 5.97 Å². The third kappa shape index (κ3) is 3.24. The topological polar surface area (TPSA) is 61.2 Å². The molecule has 5 nitrogen and oxygen atoms in total. The number of hydrogen-bond acceptors (Lipinski definition) is 4. The summed E-state index contributed by atoms with van der Waals surface area (Å²) in [6.07, 6.45) is 0.447. The van der Waals surface area contributed by atoms with Crippen LogP contribution in [0.25, 0.3) is 11.3 Å². The maximum atomic E-state index is 12.1. The molecule has 1 atom stereocenters. The van der Waals surface area contributed by atoms with Gasteiger partial charge in [-0.2, -0.15) is 5.10 Å². The quantitative estimate of drug-likeness (QED) is 0.797. The summed E-state index contributed by atoms with van der Waals surface area (Å²) in [7, 11) is 0. The standard InChI is InChI=1S/C17H20N2O3/c1-4-15(17(21)22-5-2)19-16(20)11-10-14(18-19)13-9-7-6-8-12(13)3/h6-11,15H,4-5H2,1-3H3/t15-/m1/s1. The van der Waals surface area contributed by atoms with E-state index in [0.29, 0.717) is 12.1 Å². The molecule has 22 heavy (non-hydrogen) atoms. The number of hydrogen-bond donors (Lipinski definition) is 0. The highest BCUT2D eigenvalue weighted by Crippen LogP contribution is 2.20. The van der Waals surface area contributed by atoms with Gasteiger partial charge in [0, 0.05) is 11.6 Å². The van der Waals surface area contributed by atoms with Gasteiger partial charge in [-0.1, -0.05) is 31.2 Å². The zero-order chi connectivity index (χ0) is 16.1. The van der Waals surface area contributed by atoms with E-state index in [-0.39, 0.29) is 12.2 Å². The summed E-state index contributed by atoms with van der Waals surface area (Å²) in [6, 6.07) is 10.2. The monoisotopic (exact) mass is 300 g/mol. The number of nitrogens with zero attached hydrogens (tertiary/aromatic N) is 2. The van der Waals surface area contributed by atoms with Crippen molar-refractivity contribution >= 4 is 5.97 Å². The predicted octanol–water partition coefficient (Wildman–Crippen LogP) is 2.73. The molecule has 2 rings (SSSR count). The van der Waals surface area contributed by atoms with Crippen LogP contribution < -0.4 is 5.56 Å². The van der Waals surface area contributed by atoms with Crippen LogP contribution in [0, 0.1) is 6.92 Å². The zero-order valence-corrected chi connectivity index (χ0v) is 13.1. The lowest BCUT2D eigenvalue weighted by atomic mass is 10.1. The average molecular weight is 300 g/mol. The van der Waals surface area contributed by atoms with Crippen molar-refractivity contribution in [2.24, 2.45) is 0 Å². The number of esters is 1. The van der Waals surface area contributed by atoms with E-state index in [1.165, 1.54) is 10.7 Å². The Morgan fingerprint density at radius 2 is 1.95 bits per heavy atom. The van der Waals surface area contributed by atoms with Crippen molar-refractivity contribution < 1.29 is 9.53 Å². The van der Waals surface area contributed by atoms with Gasteiger partial charge in [-0.25, -0.2) is 9.48 Å². The first-order valence-corrected chi connectivity index (χ1v) is 7.41. The Morgan fingerprint density at radius 1 is 1.23 bits per heavy atom. The summed E-state index contributed by atoms with van der Waals surface area (Å²) in [4.78, 5) is 24.1. The van der Waals surface area contributed by atoms with Gasteiger partial charge in [-0.3, -0.25) is 4.79 Å². The lowest BCUT2D eigenvalue weighted by molar-refractivity contribution is -0.147. The fraction of sp³-hybridized carbons (Fsp3) is 0.353. The van der Waals surface area contributed by atoms with Gasteiger partial charge in [0.15, 0.2) is 6.04 Å².